The number of nitrogens with one attached hydrogen (secondary N) is 1. The SMILES string of the molecule is COc1ccccc1CN[C@@H](CCN1CCCCC1)c1ccccc1. The average molecular weight is 338 g/mol. The Morgan fingerprint density at radius 1 is 0.960 bits per heavy atom. The first kappa shape index (κ1) is 18.0. The molecule has 1 atom stereocenters. The number of piperidine rings is 1. The van der Waals surface area contributed by atoms with Crippen LogP contribution in [-0.2, 0) is 6.54 Å². The highest BCUT2D eigenvalue weighted by Gasteiger charge is 2.15. The monoisotopic (exact) mass is 338 g/mol. The summed E-state index contributed by atoms with van der Waals surface area (Å²) in [4.78, 5) is 2.62. The first-order chi connectivity index (χ1) is 12.4. The van der Waals surface area contributed by atoms with Crippen LogP contribution in [0.3, 0.4) is 0 Å². The van der Waals surface area contributed by atoms with Gasteiger partial charge in [0.25, 0.3) is 0 Å². The van der Waals surface area contributed by atoms with Crippen LogP contribution in [0, 0.1) is 0 Å². The van der Waals surface area contributed by atoms with E-state index in [2.05, 4.69) is 52.7 Å². The number of hydrogen-bond donors (Lipinski definition) is 1. The van der Waals surface area contributed by atoms with Crippen LogP contribution in [0.2, 0.25) is 0 Å². The van der Waals surface area contributed by atoms with Gasteiger partial charge in [0.15, 0.2) is 0 Å². The minimum Gasteiger partial charge on any atom is -0.496 e. The Morgan fingerprint density at radius 2 is 1.68 bits per heavy atom. The molecule has 0 radical (unpaired) electrons. The molecule has 3 heteroatoms. The highest BCUT2D eigenvalue weighted by molar-refractivity contribution is 5.33. The number of methoxy groups -OCH3 is 1. The summed E-state index contributed by atoms with van der Waals surface area (Å²) in [6.45, 7) is 4.50. The van der Waals surface area contributed by atoms with E-state index in [0.29, 0.717) is 6.04 Å². The van der Waals surface area contributed by atoms with Crippen molar-refractivity contribution in [2.45, 2.75) is 38.3 Å². The summed E-state index contributed by atoms with van der Waals surface area (Å²) in [6.07, 6.45) is 5.24. The van der Waals surface area contributed by atoms with Gasteiger partial charge in [-0.25, -0.2) is 0 Å². The number of para-hydroxylation sites is 1. The number of hydrogen-bond acceptors (Lipinski definition) is 3. The lowest BCUT2D eigenvalue weighted by atomic mass is 10.0. The van der Waals surface area contributed by atoms with Gasteiger partial charge in [0.1, 0.15) is 5.75 Å². The fourth-order valence-electron chi connectivity index (χ4n) is 3.65. The second kappa shape index (κ2) is 9.59. The van der Waals surface area contributed by atoms with E-state index >= 15 is 0 Å². The number of rotatable bonds is 8. The molecular formula is C22H30N2O. The van der Waals surface area contributed by atoms with Crippen LogP contribution in [-0.4, -0.2) is 31.6 Å². The smallest absolute Gasteiger partial charge is 0.123 e. The van der Waals surface area contributed by atoms with E-state index in [1.165, 1.54) is 50.0 Å². The van der Waals surface area contributed by atoms with Crippen molar-refractivity contribution in [2.24, 2.45) is 0 Å². The van der Waals surface area contributed by atoms with Gasteiger partial charge in [-0.05, 0) is 50.5 Å². The van der Waals surface area contributed by atoms with Gasteiger partial charge in [-0.1, -0.05) is 55.0 Å². The van der Waals surface area contributed by atoms with Crippen molar-refractivity contribution in [3.8, 4) is 5.75 Å². The van der Waals surface area contributed by atoms with Gasteiger partial charge in [-0.2, -0.15) is 0 Å². The first-order valence-electron chi connectivity index (χ1n) is 9.49. The van der Waals surface area contributed by atoms with Gasteiger partial charge in [-0.3, -0.25) is 0 Å². The maximum Gasteiger partial charge on any atom is 0.123 e. The van der Waals surface area contributed by atoms with Crippen molar-refractivity contribution in [1.29, 1.82) is 0 Å². The largest absolute Gasteiger partial charge is 0.496 e. The Labute approximate surface area is 152 Å². The molecule has 1 heterocycles. The maximum absolute atomic E-state index is 5.49. The van der Waals surface area contributed by atoms with E-state index in [1.807, 2.05) is 12.1 Å². The van der Waals surface area contributed by atoms with Crippen molar-refractivity contribution < 1.29 is 4.74 Å². The van der Waals surface area contributed by atoms with Crippen molar-refractivity contribution in [1.82, 2.24) is 10.2 Å². The third-order valence-electron chi connectivity index (χ3n) is 5.12. The van der Waals surface area contributed by atoms with Crippen LogP contribution in [0.4, 0.5) is 0 Å². The van der Waals surface area contributed by atoms with Crippen molar-refractivity contribution in [2.75, 3.05) is 26.7 Å². The van der Waals surface area contributed by atoms with Crippen LogP contribution in [0.25, 0.3) is 0 Å². The molecule has 3 nitrogen and oxygen atoms in total. The molecule has 1 aliphatic heterocycles. The van der Waals surface area contributed by atoms with Crippen molar-refractivity contribution in [3.63, 3.8) is 0 Å². The van der Waals surface area contributed by atoms with E-state index in [9.17, 15) is 0 Å². The molecule has 1 N–H and O–H groups in total. The molecule has 0 amide bonds. The van der Waals surface area contributed by atoms with E-state index in [0.717, 1.165) is 18.7 Å². The summed E-state index contributed by atoms with van der Waals surface area (Å²) in [5.74, 6) is 0.956. The van der Waals surface area contributed by atoms with Gasteiger partial charge in [0.2, 0.25) is 0 Å². The van der Waals surface area contributed by atoms with Crippen LogP contribution in [0.1, 0.15) is 42.9 Å². The minimum absolute atomic E-state index is 0.369. The molecular weight excluding hydrogens is 308 g/mol. The summed E-state index contributed by atoms with van der Waals surface area (Å²) in [7, 11) is 1.74. The molecule has 1 saturated heterocycles. The van der Waals surface area contributed by atoms with E-state index in [-0.39, 0.29) is 0 Å². The molecule has 0 aliphatic carbocycles. The van der Waals surface area contributed by atoms with E-state index in [1.54, 1.807) is 7.11 Å². The minimum atomic E-state index is 0.369. The Morgan fingerprint density at radius 3 is 2.44 bits per heavy atom. The van der Waals surface area contributed by atoms with Crippen LogP contribution < -0.4 is 10.1 Å². The normalized spacial score (nSPS) is 16.5. The highest BCUT2D eigenvalue weighted by Crippen LogP contribution is 2.22. The van der Waals surface area contributed by atoms with E-state index < -0.39 is 0 Å². The summed E-state index contributed by atoms with van der Waals surface area (Å²) < 4.78 is 5.49. The van der Waals surface area contributed by atoms with Crippen molar-refractivity contribution in [3.05, 3.63) is 65.7 Å². The molecule has 2 aromatic carbocycles. The van der Waals surface area contributed by atoms with Crippen LogP contribution >= 0.6 is 0 Å². The average Bonchev–Trinajstić information content (AvgIpc) is 2.70. The Kier molecular flexibility index (Phi) is 6.89. The lowest BCUT2D eigenvalue weighted by Gasteiger charge is -2.29. The standard InChI is InChI=1S/C22H30N2O/c1-25-22-13-7-6-12-20(22)18-23-21(19-10-4-2-5-11-19)14-17-24-15-8-3-9-16-24/h2,4-7,10-13,21,23H,3,8-9,14-18H2,1H3/t21-/m0/s1. The molecule has 1 fully saturated rings. The van der Waals surface area contributed by atoms with Gasteiger partial charge in [-0.15, -0.1) is 0 Å². The third-order valence-corrected chi connectivity index (χ3v) is 5.12. The van der Waals surface area contributed by atoms with Gasteiger partial charge < -0.3 is 15.0 Å². The number of nitrogens with zero attached hydrogens (tertiary/aromatic N) is 1. The van der Waals surface area contributed by atoms with Crippen LogP contribution in [0.15, 0.2) is 54.6 Å². The predicted molar refractivity (Wildman–Crippen MR) is 104 cm³/mol. The fraction of sp³-hybridized carbons (Fsp3) is 0.455. The second-order valence-corrected chi connectivity index (χ2v) is 6.85. The lowest BCUT2D eigenvalue weighted by molar-refractivity contribution is 0.216. The van der Waals surface area contributed by atoms with Gasteiger partial charge in [0.05, 0.1) is 7.11 Å². The summed E-state index contributed by atoms with van der Waals surface area (Å²) in [5.41, 5.74) is 2.58. The molecule has 0 bridgehead atoms. The number of likely N-dealkylation sites (tertiary alicyclic amines) is 1. The molecule has 0 aromatic heterocycles. The van der Waals surface area contributed by atoms with Gasteiger partial charge >= 0.3 is 0 Å². The summed E-state index contributed by atoms with van der Waals surface area (Å²) in [5, 5.41) is 3.76. The zero-order chi connectivity index (χ0) is 17.3. The Hall–Kier alpha value is -1.84. The molecule has 0 unspecified atom stereocenters. The van der Waals surface area contributed by atoms with E-state index in [4.69, 9.17) is 4.74 Å². The number of ether oxygens (including phenoxy) is 1. The molecule has 25 heavy (non-hydrogen) atoms. The molecule has 134 valence electrons. The fourth-order valence-corrected chi connectivity index (χ4v) is 3.65. The van der Waals surface area contributed by atoms with Crippen LogP contribution in [0.5, 0.6) is 5.75 Å². The molecule has 3 rings (SSSR count). The zero-order valence-corrected chi connectivity index (χ0v) is 15.3. The highest BCUT2D eigenvalue weighted by atomic mass is 16.5. The van der Waals surface area contributed by atoms with Crippen molar-refractivity contribution >= 4 is 0 Å². The maximum atomic E-state index is 5.49. The number of benzene rings is 2. The lowest BCUT2D eigenvalue weighted by Crippen LogP contribution is -2.33. The summed E-state index contributed by atoms with van der Waals surface area (Å²) in [6, 6.07) is 19.5. The third kappa shape index (κ3) is 5.32. The second-order valence-electron chi connectivity index (χ2n) is 6.85. The Bertz CT molecular complexity index is 623. The molecule has 1 aliphatic rings. The topological polar surface area (TPSA) is 24.5 Å². The predicted octanol–water partition coefficient (Wildman–Crippen LogP) is 4.40. The molecule has 2 aromatic rings. The summed E-state index contributed by atoms with van der Waals surface area (Å²) >= 11 is 0. The van der Waals surface area contributed by atoms with Gasteiger partial charge in [0, 0.05) is 18.2 Å². The zero-order valence-electron chi connectivity index (χ0n) is 15.3. The Balaban J connectivity index is 1.63. The quantitative estimate of drug-likeness (QED) is 0.772. The molecule has 0 saturated carbocycles. The first-order valence-corrected chi connectivity index (χ1v) is 9.49. The molecule has 0 spiro atoms.